The molecule has 1 atom stereocenters. The van der Waals surface area contributed by atoms with Crippen LogP contribution in [-0.2, 0) is 9.53 Å². The zero-order valence-electron chi connectivity index (χ0n) is 9.99. The molecule has 1 heterocycles. The van der Waals surface area contributed by atoms with E-state index in [-0.39, 0.29) is 5.97 Å². The molecule has 0 radical (unpaired) electrons. The van der Waals surface area contributed by atoms with Gasteiger partial charge in [-0.1, -0.05) is 18.7 Å². The van der Waals surface area contributed by atoms with E-state index in [2.05, 4.69) is 17.2 Å². The van der Waals surface area contributed by atoms with E-state index < -0.39 is 0 Å². The fourth-order valence-corrected chi connectivity index (χ4v) is 2.50. The van der Waals surface area contributed by atoms with Crippen LogP contribution >= 0.6 is 11.8 Å². The lowest BCUT2D eigenvalue weighted by Gasteiger charge is -2.04. The van der Waals surface area contributed by atoms with Crippen molar-refractivity contribution in [2.45, 2.75) is 39.2 Å². The summed E-state index contributed by atoms with van der Waals surface area (Å²) in [6.45, 7) is 5.15. The van der Waals surface area contributed by atoms with E-state index in [4.69, 9.17) is 4.74 Å². The highest BCUT2D eigenvalue weighted by Crippen LogP contribution is 2.15. The van der Waals surface area contributed by atoms with Gasteiger partial charge in [0.15, 0.2) is 5.17 Å². The first kappa shape index (κ1) is 13.4. The van der Waals surface area contributed by atoms with Crippen LogP contribution in [0.5, 0.6) is 0 Å². The van der Waals surface area contributed by atoms with Crippen molar-refractivity contribution in [3.8, 4) is 0 Å². The van der Waals surface area contributed by atoms with Crippen LogP contribution in [0.4, 0.5) is 0 Å². The molecule has 0 amide bonds. The Hall–Kier alpha value is -0.710. The minimum Gasteiger partial charge on any atom is -0.466 e. The monoisotopic (exact) mass is 244 g/mol. The number of nitrogens with one attached hydrogen (secondary N) is 1. The summed E-state index contributed by atoms with van der Waals surface area (Å²) in [5.41, 5.74) is 0. The van der Waals surface area contributed by atoms with E-state index in [1.54, 1.807) is 11.8 Å². The Balaban J connectivity index is 2.11. The zero-order valence-corrected chi connectivity index (χ0v) is 10.8. The maximum atomic E-state index is 11.0. The van der Waals surface area contributed by atoms with E-state index in [1.807, 2.05) is 6.92 Å². The lowest BCUT2D eigenvalue weighted by Crippen LogP contribution is -2.25. The molecule has 1 aliphatic heterocycles. The predicted molar refractivity (Wildman–Crippen MR) is 67.8 cm³/mol. The minimum absolute atomic E-state index is 0.124. The van der Waals surface area contributed by atoms with Crippen LogP contribution in [0.2, 0.25) is 0 Å². The van der Waals surface area contributed by atoms with E-state index in [0.717, 1.165) is 23.8 Å². The number of rotatable bonds is 6. The summed E-state index contributed by atoms with van der Waals surface area (Å²) in [6.07, 6.45) is 2.36. The predicted octanol–water partition coefficient (Wildman–Crippen LogP) is 1.80. The summed E-state index contributed by atoms with van der Waals surface area (Å²) < 4.78 is 4.84. The van der Waals surface area contributed by atoms with Crippen molar-refractivity contribution in [2.75, 3.05) is 18.9 Å². The summed E-state index contributed by atoms with van der Waals surface area (Å²) in [7, 11) is 0. The van der Waals surface area contributed by atoms with Crippen LogP contribution in [0.1, 0.15) is 33.1 Å². The van der Waals surface area contributed by atoms with Gasteiger partial charge in [0.1, 0.15) is 0 Å². The fraction of sp³-hybridized carbons (Fsp3) is 0.818. The van der Waals surface area contributed by atoms with E-state index in [0.29, 0.717) is 25.6 Å². The summed E-state index contributed by atoms with van der Waals surface area (Å²) in [5, 5.41) is 4.37. The Bertz CT molecular complexity index is 256. The van der Waals surface area contributed by atoms with Crippen LogP contribution in [0, 0.1) is 0 Å². The van der Waals surface area contributed by atoms with Gasteiger partial charge in [0.2, 0.25) is 0 Å². The second-order valence-electron chi connectivity index (χ2n) is 3.66. The van der Waals surface area contributed by atoms with Gasteiger partial charge in [-0.25, -0.2) is 0 Å². The second kappa shape index (κ2) is 7.54. The number of nitrogens with zero attached hydrogens (tertiary/aromatic N) is 1. The highest BCUT2D eigenvalue weighted by molar-refractivity contribution is 8.14. The molecule has 1 saturated heterocycles. The van der Waals surface area contributed by atoms with Crippen LogP contribution < -0.4 is 5.32 Å². The Morgan fingerprint density at radius 2 is 2.44 bits per heavy atom. The molecule has 1 rings (SSSR count). The number of carbonyl (C=O) groups excluding carboxylic acids is 1. The molecule has 4 nitrogen and oxygen atoms in total. The van der Waals surface area contributed by atoms with Crippen molar-refractivity contribution in [2.24, 2.45) is 4.99 Å². The summed E-state index contributed by atoms with van der Waals surface area (Å²) in [6, 6.07) is 0.564. The fourth-order valence-electron chi connectivity index (χ4n) is 1.39. The third-order valence-electron chi connectivity index (χ3n) is 2.34. The van der Waals surface area contributed by atoms with Gasteiger partial charge < -0.3 is 10.1 Å². The van der Waals surface area contributed by atoms with Crippen molar-refractivity contribution in [3.05, 3.63) is 0 Å². The average molecular weight is 244 g/mol. The smallest absolute Gasteiger partial charge is 0.305 e. The second-order valence-corrected chi connectivity index (χ2v) is 4.66. The number of aliphatic imine (C=N–C) groups is 1. The Morgan fingerprint density at radius 3 is 3.06 bits per heavy atom. The Labute approximate surface area is 101 Å². The number of hydrogen-bond donors (Lipinski definition) is 1. The average Bonchev–Trinajstić information content (AvgIpc) is 2.73. The van der Waals surface area contributed by atoms with Gasteiger partial charge in [0, 0.05) is 24.8 Å². The van der Waals surface area contributed by atoms with Gasteiger partial charge in [-0.15, -0.1) is 0 Å². The number of ether oxygens (including phenoxy) is 1. The number of amidine groups is 1. The Morgan fingerprint density at radius 1 is 1.62 bits per heavy atom. The highest BCUT2D eigenvalue weighted by atomic mass is 32.2. The molecule has 1 aliphatic rings. The molecular formula is C11H20N2O2S. The Kier molecular flexibility index (Phi) is 6.30. The SMILES string of the molecule is CCOC(=O)CCCN=C1NC(CC)CS1. The van der Waals surface area contributed by atoms with Gasteiger partial charge >= 0.3 is 5.97 Å². The normalized spacial score (nSPS) is 22.1. The maximum Gasteiger partial charge on any atom is 0.305 e. The standard InChI is InChI=1S/C11H20N2O2S/c1-3-9-8-16-11(13-9)12-7-5-6-10(14)15-4-2/h9H,3-8H2,1-2H3,(H,12,13). The molecule has 1 fully saturated rings. The molecule has 0 bridgehead atoms. The van der Waals surface area contributed by atoms with Crippen LogP contribution in [0.15, 0.2) is 4.99 Å². The molecule has 0 aromatic rings. The van der Waals surface area contributed by atoms with Crippen LogP contribution in [0.3, 0.4) is 0 Å². The highest BCUT2D eigenvalue weighted by Gasteiger charge is 2.17. The molecule has 0 aromatic carbocycles. The number of esters is 1. The molecule has 0 aromatic heterocycles. The molecule has 92 valence electrons. The van der Waals surface area contributed by atoms with Crippen LogP contribution in [-0.4, -0.2) is 36.1 Å². The van der Waals surface area contributed by atoms with Crippen molar-refractivity contribution in [3.63, 3.8) is 0 Å². The quantitative estimate of drug-likeness (QED) is 0.572. The lowest BCUT2D eigenvalue weighted by molar-refractivity contribution is -0.143. The van der Waals surface area contributed by atoms with Gasteiger partial charge in [0.05, 0.1) is 6.61 Å². The molecule has 16 heavy (non-hydrogen) atoms. The van der Waals surface area contributed by atoms with E-state index >= 15 is 0 Å². The third kappa shape index (κ3) is 4.88. The molecule has 5 heteroatoms. The number of carbonyl (C=O) groups is 1. The first-order valence-corrected chi connectivity index (χ1v) is 6.84. The van der Waals surface area contributed by atoms with E-state index in [9.17, 15) is 4.79 Å². The third-order valence-corrected chi connectivity index (χ3v) is 3.43. The van der Waals surface area contributed by atoms with Gasteiger partial charge in [-0.2, -0.15) is 0 Å². The summed E-state index contributed by atoms with van der Waals surface area (Å²) in [4.78, 5) is 15.5. The minimum atomic E-state index is -0.124. The van der Waals surface area contributed by atoms with Gasteiger partial charge in [-0.3, -0.25) is 9.79 Å². The summed E-state index contributed by atoms with van der Waals surface area (Å²) in [5.74, 6) is 0.980. The van der Waals surface area contributed by atoms with Crippen molar-refractivity contribution >= 4 is 22.9 Å². The largest absolute Gasteiger partial charge is 0.466 e. The maximum absolute atomic E-state index is 11.0. The molecular weight excluding hydrogens is 224 g/mol. The number of thioether (sulfide) groups is 1. The molecule has 0 aliphatic carbocycles. The molecule has 0 saturated carbocycles. The molecule has 0 spiro atoms. The van der Waals surface area contributed by atoms with E-state index in [1.165, 1.54) is 0 Å². The first-order valence-electron chi connectivity index (χ1n) is 5.85. The van der Waals surface area contributed by atoms with Gasteiger partial charge in [-0.05, 0) is 19.8 Å². The first-order chi connectivity index (χ1) is 7.76. The van der Waals surface area contributed by atoms with Crippen molar-refractivity contribution < 1.29 is 9.53 Å². The van der Waals surface area contributed by atoms with Gasteiger partial charge in [0.25, 0.3) is 0 Å². The topological polar surface area (TPSA) is 50.7 Å². The summed E-state index contributed by atoms with van der Waals surface area (Å²) >= 11 is 1.77. The van der Waals surface area contributed by atoms with Crippen molar-refractivity contribution in [1.82, 2.24) is 5.32 Å². The van der Waals surface area contributed by atoms with Crippen molar-refractivity contribution in [1.29, 1.82) is 0 Å². The molecule has 1 N–H and O–H groups in total. The lowest BCUT2D eigenvalue weighted by atomic mass is 10.3. The number of hydrogen-bond acceptors (Lipinski definition) is 4. The molecule has 1 unspecified atom stereocenters. The zero-order chi connectivity index (χ0) is 11.8. The van der Waals surface area contributed by atoms with Crippen LogP contribution in [0.25, 0.3) is 0 Å².